The number of imidazole rings is 1. The van der Waals surface area contributed by atoms with Crippen molar-refractivity contribution in [2.75, 3.05) is 10.6 Å². The van der Waals surface area contributed by atoms with Crippen LogP contribution in [0.15, 0.2) is 55.2 Å². The number of hydrogen-bond acceptors (Lipinski definition) is 7. The predicted octanol–water partition coefficient (Wildman–Crippen LogP) is 3.83. The van der Waals surface area contributed by atoms with Crippen LogP contribution in [0.3, 0.4) is 0 Å². The lowest BCUT2D eigenvalue weighted by Gasteiger charge is -2.19. The standard InChI is InChI=1S/C18H18N8O2/c1-2-17(25-8-7-19-11-25)22-16-6-5-15(26(27)28)18(23-16)21-13-4-3-12-10-20-24-14(12)9-13/h3-11,17H,2H2,1H3,(H,20,24)(H2,21,22,23). The number of rotatable bonds is 7. The molecule has 0 amide bonds. The molecule has 1 atom stereocenters. The molecule has 0 aliphatic heterocycles. The molecule has 3 aromatic heterocycles. The Hall–Kier alpha value is -3.95. The van der Waals surface area contributed by atoms with Gasteiger partial charge in [0.2, 0.25) is 5.82 Å². The van der Waals surface area contributed by atoms with Crippen LogP contribution in [0.25, 0.3) is 10.9 Å². The normalized spacial score (nSPS) is 12.0. The lowest BCUT2D eigenvalue weighted by molar-refractivity contribution is -0.384. The number of hydrogen-bond donors (Lipinski definition) is 3. The van der Waals surface area contributed by atoms with E-state index < -0.39 is 4.92 Å². The molecule has 0 aliphatic carbocycles. The number of aromatic amines is 1. The number of aromatic nitrogens is 5. The summed E-state index contributed by atoms with van der Waals surface area (Å²) in [7, 11) is 0. The van der Waals surface area contributed by atoms with Gasteiger partial charge in [-0.25, -0.2) is 9.97 Å². The zero-order valence-electron chi connectivity index (χ0n) is 15.0. The molecule has 142 valence electrons. The van der Waals surface area contributed by atoms with Crippen molar-refractivity contribution in [3.8, 4) is 0 Å². The van der Waals surface area contributed by atoms with Gasteiger partial charge in [0, 0.05) is 29.5 Å². The van der Waals surface area contributed by atoms with Crippen molar-refractivity contribution in [3.05, 3.63) is 65.4 Å². The number of fused-ring (bicyclic) bond motifs is 1. The summed E-state index contributed by atoms with van der Waals surface area (Å²) in [4.78, 5) is 19.5. The second kappa shape index (κ2) is 7.35. The number of nitro groups is 1. The highest BCUT2D eigenvalue weighted by atomic mass is 16.6. The first-order chi connectivity index (χ1) is 13.6. The molecule has 1 aromatic carbocycles. The highest BCUT2D eigenvalue weighted by Gasteiger charge is 2.18. The van der Waals surface area contributed by atoms with Gasteiger partial charge < -0.3 is 15.2 Å². The third-order valence-electron chi connectivity index (χ3n) is 4.36. The summed E-state index contributed by atoms with van der Waals surface area (Å²) >= 11 is 0. The first kappa shape index (κ1) is 17.5. The zero-order chi connectivity index (χ0) is 19.5. The van der Waals surface area contributed by atoms with E-state index in [0.717, 1.165) is 17.3 Å². The van der Waals surface area contributed by atoms with Crippen LogP contribution in [0.1, 0.15) is 19.5 Å². The van der Waals surface area contributed by atoms with Gasteiger partial charge in [-0.1, -0.05) is 6.92 Å². The molecular formula is C18H18N8O2. The van der Waals surface area contributed by atoms with Gasteiger partial charge >= 0.3 is 5.69 Å². The minimum atomic E-state index is -0.457. The molecule has 10 heteroatoms. The van der Waals surface area contributed by atoms with Gasteiger partial charge in [-0.2, -0.15) is 5.10 Å². The molecule has 0 spiro atoms. The Balaban J connectivity index is 1.64. The van der Waals surface area contributed by atoms with Crippen molar-refractivity contribution in [1.82, 2.24) is 24.7 Å². The summed E-state index contributed by atoms with van der Waals surface area (Å²) in [5.41, 5.74) is 1.39. The molecule has 0 radical (unpaired) electrons. The average molecular weight is 378 g/mol. The Labute approximate surface area is 159 Å². The predicted molar refractivity (Wildman–Crippen MR) is 105 cm³/mol. The monoisotopic (exact) mass is 378 g/mol. The Kier molecular flexibility index (Phi) is 4.58. The topological polar surface area (TPSA) is 127 Å². The van der Waals surface area contributed by atoms with Gasteiger partial charge in [0.25, 0.3) is 0 Å². The highest BCUT2D eigenvalue weighted by molar-refractivity contribution is 5.83. The van der Waals surface area contributed by atoms with Crippen LogP contribution in [-0.4, -0.2) is 29.7 Å². The highest BCUT2D eigenvalue weighted by Crippen LogP contribution is 2.29. The van der Waals surface area contributed by atoms with Crippen molar-refractivity contribution in [2.45, 2.75) is 19.5 Å². The average Bonchev–Trinajstić information content (AvgIpc) is 3.37. The lowest BCUT2D eigenvalue weighted by Crippen LogP contribution is -2.17. The van der Waals surface area contributed by atoms with E-state index in [1.807, 2.05) is 35.9 Å². The fourth-order valence-electron chi connectivity index (χ4n) is 2.93. The van der Waals surface area contributed by atoms with E-state index in [9.17, 15) is 10.1 Å². The first-order valence-corrected chi connectivity index (χ1v) is 8.73. The SMILES string of the molecule is CCC(Nc1ccc([N+](=O)[O-])c(Nc2ccc3cn[nH]c3c2)n1)n1ccnc1. The number of pyridine rings is 1. The third kappa shape index (κ3) is 3.47. The van der Waals surface area contributed by atoms with Crippen molar-refractivity contribution < 1.29 is 4.92 Å². The van der Waals surface area contributed by atoms with E-state index in [0.29, 0.717) is 11.5 Å². The molecule has 10 nitrogen and oxygen atoms in total. The quantitative estimate of drug-likeness (QED) is 0.329. The molecule has 0 saturated carbocycles. The van der Waals surface area contributed by atoms with Crippen LogP contribution >= 0.6 is 0 Å². The smallest absolute Gasteiger partial charge is 0.311 e. The van der Waals surface area contributed by atoms with E-state index in [-0.39, 0.29) is 17.7 Å². The number of benzene rings is 1. The summed E-state index contributed by atoms with van der Waals surface area (Å²) in [5, 5.41) is 25.6. The molecule has 0 bridgehead atoms. The maximum atomic E-state index is 11.4. The van der Waals surface area contributed by atoms with Crippen LogP contribution in [-0.2, 0) is 0 Å². The lowest BCUT2D eigenvalue weighted by atomic mass is 10.2. The van der Waals surface area contributed by atoms with Crippen molar-refractivity contribution in [2.24, 2.45) is 0 Å². The first-order valence-electron chi connectivity index (χ1n) is 8.73. The van der Waals surface area contributed by atoms with E-state index in [1.165, 1.54) is 6.07 Å². The number of H-pyrrole nitrogens is 1. The van der Waals surface area contributed by atoms with Crippen LogP contribution in [0.2, 0.25) is 0 Å². The Morgan fingerprint density at radius 1 is 1.32 bits per heavy atom. The molecule has 4 aromatic rings. The van der Waals surface area contributed by atoms with Crippen molar-refractivity contribution >= 4 is 33.9 Å². The van der Waals surface area contributed by atoms with Crippen LogP contribution in [0, 0.1) is 10.1 Å². The van der Waals surface area contributed by atoms with E-state index in [1.54, 1.807) is 24.8 Å². The van der Waals surface area contributed by atoms with Crippen molar-refractivity contribution in [3.63, 3.8) is 0 Å². The van der Waals surface area contributed by atoms with Gasteiger partial charge in [0.15, 0.2) is 0 Å². The maximum absolute atomic E-state index is 11.4. The second-order valence-corrected chi connectivity index (χ2v) is 6.20. The van der Waals surface area contributed by atoms with Crippen LogP contribution in [0.4, 0.5) is 23.0 Å². The number of anilines is 3. The minimum Gasteiger partial charge on any atom is -0.350 e. The Morgan fingerprint density at radius 2 is 2.21 bits per heavy atom. The summed E-state index contributed by atoms with van der Waals surface area (Å²) in [6.45, 7) is 2.03. The molecule has 0 fully saturated rings. The second-order valence-electron chi connectivity index (χ2n) is 6.20. The third-order valence-corrected chi connectivity index (χ3v) is 4.36. The summed E-state index contributed by atoms with van der Waals surface area (Å²) in [6, 6.07) is 8.56. The van der Waals surface area contributed by atoms with Crippen LogP contribution in [0.5, 0.6) is 0 Å². The molecule has 0 saturated heterocycles. The Morgan fingerprint density at radius 3 is 2.96 bits per heavy atom. The van der Waals surface area contributed by atoms with Crippen molar-refractivity contribution in [1.29, 1.82) is 0 Å². The maximum Gasteiger partial charge on any atom is 0.311 e. The van der Waals surface area contributed by atoms with Gasteiger partial charge in [-0.3, -0.25) is 15.2 Å². The zero-order valence-corrected chi connectivity index (χ0v) is 15.0. The fourth-order valence-corrected chi connectivity index (χ4v) is 2.93. The largest absolute Gasteiger partial charge is 0.350 e. The van der Waals surface area contributed by atoms with Gasteiger partial charge in [-0.15, -0.1) is 0 Å². The summed E-state index contributed by atoms with van der Waals surface area (Å²) in [6.07, 6.45) is 7.70. The molecular weight excluding hydrogens is 360 g/mol. The molecule has 4 rings (SSSR count). The molecule has 1 unspecified atom stereocenters. The van der Waals surface area contributed by atoms with Gasteiger partial charge in [0.1, 0.15) is 12.0 Å². The van der Waals surface area contributed by atoms with Gasteiger partial charge in [0.05, 0.1) is 23.0 Å². The minimum absolute atomic E-state index is 0.0642. The van der Waals surface area contributed by atoms with Gasteiger partial charge in [-0.05, 0) is 30.7 Å². The molecule has 3 heterocycles. The van der Waals surface area contributed by atoms with Crippen LogP contribution < -0.4 is 10.6 Å². The van der Waals surface area contributed by atoms with E-state index >= 15 is 0 Å². The van der Waals surface area contributed by atoms with E-state index in [2.05, 4.69) is 30.8 Å². The number of nitrogens with one attached hydrogen (secondary N) is 3. The summed E-state index contributed by atoms with van der Waals surface area (Å²) in [5.74, 6) is 0.686. The Bertz CT molecular complexity index is 1110. The molecule has 28 heavy (non-hydrogen) atoms. The van der Waals surface area contributed by atoms with E-state index in [4.69, 9.17) is 0 Å². The summed E-state index contributed by atoms with van der Waals surface area (Å²) < 4.78 is 1.92. The molecule has 0 aliphatic rings. The number of nitrogens with zero attached hydrogens (tertiary/aromatic N) is 5. The molecule has 3 N–H and O–H groups in total. The fraction of sp³-hybridized carbons (Fsp3) is 0.167.